The molecule has 0 radical (unpaired) electrons. The van der Waals surface area contributed by atoms with Crippen molar-refractivity contribution in [2.75, 3.05) is 5.32 Å². The lowest BCUT2D eigenvalue weighted by molar-refractivity contribution is 0.414. The molecule has 0 saturated heterocycles. The number of hydrogen-bond donors (Lipinski definition) is 1. The van der Waals surface area contributed by atoms with E-state index in [2.05, 4.69) is 43.5 Å². The average Bonchev–Trinajstić information content (AvgIpc) is 2.73. The zero-order valence-electron chi connectivity index (χ0n) is 11.1. The van der Waals surface area contributed by atoms with E-state index in [1.807, 2.05) is 32.9 Å². The predicted molar refractivity (Wildman–Crippen MR) is 81.4 cm³/mol. The molecular weight excluding hydrogens is 326 g/mol. The molecule has 1 heterocycles. The molecule has 0 atom stereocenters. The first-order valence-electron chi connectivity index (χ1n) is 5.91. The van der Waals surface area contributed by atoms with E-state index < -0.39 is 0 Å². The molecule has 4 nitrogen and oxygen atoms in total. The number of aromatic nitrogens is 2. The van der Waals surface area contributed by atoms with Crippen molar-refractivity contribution in [1.82, 2.24) is 10.1 Å². The van der Waals surface area contributed by atoms with Gasteiger partial charge in [-0.3, -0.25) is 0 Å². The van der Waals surface area contributed by atoms with E-state index in [9.17, 15) is 0 Å². The third kappa shape index (κ3) is 4.87. The van der Waals surface area contributed by atoms with Gasteiger partial charge in [0.05, 0.1) is 5.75 Å². The van der Waals surface area contributed by atoms with E-state index in [-0.39, 0.29) is 5.54 Å². The molecule has 19 heavy (non-hydrogen) atoms. The van der Waals surface area contributed by atoms with Crippen molar-refractivity contribution in [2.24, 2.45) is 0 Å². The van der Waals surface area contributed by atoms with E-state index in [4.69, 9.17) is 4.52 Å². The molecule has 0 saturated carbocycles. The summed E-state index contributed by atoms with van der Waals surface area (Å²) in [4.78, 5) is 5.49. The maximum atomic E-state index is 5.16. The fourth-order valence-electron chi connectivity index (χ4n) is 1.36. The minimum absolute atomic E-state index is 0.0807. The molecule has 102 valence electrons. The highest BCUT2D eigenvalue weighted by atomic mass is 79.9. The summed E-state index contributed by atoms with van der Waals surface area (Å²) < 4.78 is 6.23. The second-order valence-corrected chi connectivity index (χ2v) is 7.10. The van der Waals surface area contributed by atoms with Crippen molar-refractivity contribution in [1.29, 1.82) is 0 Å². The lowest BCUT2D eigenvalue weighted by Gasteiger charge is -2.17. The standard InChI is InChI=1S/C13H16BrN3OS/c1-13(2,3)16-12-15-11(17-18-12)8-19-10-6-4-9(14)5-7-10/h4-7H,8H2,1-3H3,(H,15,16,17). The van der Waals surface area contributed by atoms with Gasteiger partial charge in [0.1, 0.15) is 0 Å². The van der Waals surface area contributed by atoms with Gasteiger partial charge in [0, 0.05) is 14.9 Å². The second kappa shape index (κ2) is 5.96. The van der Waals surface area contributed by atoms with Crippen LogP contribution in [0.2, 0.25) is 0 Å². The molecule has 2 aromatic rings. The summed E-state index contributed by atoms with van der Waals surface area (Å²) in [5.74, 6) is 1.39. The third-order valence-corrected chi connectivity index (χ3v) is 3.67. The van der Waals surface area contributed by atoms with Crippen LogP contribution in [0.5, 0.6) is 0 Å². The highest BCUT2D eigenvalue weighted by molar-refractivity contribution is 9.10. The maximum absolute atomic E-state index is 5.16. The molecule has 0 fully saturated rings. The van der Waals surface area contributed by atoms with Gasteiger partial charge < -0.3 is 9.84 Å². The van der Waals surface area contributed by atoms with Gasteiger partial charge in [-0.2, -0.15) is 4.98 Å². The Bertz CT molecular complexity index is 534. The molecule has 1 aromatic carbocycles. The van der Waals surface area contributed by atoms with Crippen molar-refractivity contribution < 1.29 is 4.52 Å². The van der Waals surface area contributed by atoms with Crippen molar-refractivity contribution in [3.63, 3.8) is 0 Å². The Morgan fingerprint density at radius 3 is 2.58 bits per heavy atom. The maximum Gasteiger partial charge on any atom is 0.321 e. The number of halogens is 1. The molecule has 0 aliphatic carbocycles. The van der Waals surface area contributed by atoms with Gasteiger partial charge in [-0.05, 0) is 45.0 Å². The average molecular weight is 342 g/mol. The van der Waals surface area contributed by atoms with E-state index >= 15 is 0 Å². The molecule has 0 spiro atoms. The normalized spacial score (nSPS) is 11.6. The first-order valence-corrected chi connectivity index (χ1v) is 7.69. The first kappa shape index (κ1) is 14.4. The molecule has 6 heteroatoms. The molecular formula is C13H16BrN3OS. The van der Waals surface area contributed by atoms with Crippen LogP contribution in [0.25, 0.3) is 0 Å². The highest BCUT2D eigenvalue weighted by Crippen LogP contribution is 2.24. The molecule has 2 rings (SSSR count). The number of nitrogens with zero attached hydrogens (tertiary/aromatic N) is 2. The lowest BCUT2D eigenvalue weighted by Crippen LogP contribution is -2.26. The van der Waals surface area contributed by atoms with Crippen LogP contribution in [0.1, 0.15) is 26.6 Å². The first-order chi connectivity index (χ1) is 8.92. The summed E-state index contributed by atoms with van der Waals surface area (Å²) in [6, 6.07) is 8.63. The van der Waals surface area contributed by atoms with Crippen LogP contribution in [0.4, 0.5) is 6.01 Å². The van der Waals surface area contributed by atoms with Gasteiger partial charge in [0.15, 0.2) is 5.82 Å². The summed E-state index contributed by atoms with van der Waals surface area (Å²) >= 11 is 5.10. The van der Waals surface area contributed by atoms with E-state index in [1.165, 1.54) is 4.90 Å². The second-order valence-electron chi connectivity index (χ2n) is 5.13. The Labute approximate surface area is 125 Å². The number of anilines is 1. The third-order valence-electron chi connectivity index (χ3n) is 2.13. The summed E-state index contributed by atoms with van der Waals surface area (Å²) in [6.45, 7) is 6.15. The summed E-state index contributed by atoms with van der Waals surface area (Å²) in [6.07, 6.45) is 0. The number of nitrogens with one attached hydrogen (secondary N) is 1. The van der Waals surface area contributed by atoms with Crippen LogP contribution < -0.4 is 5.32 Å². The Morgan fingerprint density at radius 2 is 1.95 bits per heavy atom. The topological polar surface area (TPSA) is 51.0 Å². The number of hydrogen-bond acceptors (Lipinski definition) is 5. The van der Waals surface area contributed by atoms with Gasteiger partial charge in [0.2, 0.25) is 0 Å². The zero-order valence-corrected chi connectivity index (χ0v) is 13.5. The number of benzene rings is 1. The Morgan fingerprint density at radius 1 is 1.26 bits per heavy atom. The van der Waals surface area contributed by atoms with Gasteiger partial charge in [-0.25, -0.2) is 0 Å². The minimum Gasteiger partial charge on any atom is -0.333 e. The van der Waals surface area contributed by atoms with E-state index in [0.29, 0.717) is 17.6 Å². The molecule has 0 amide bonds. The quantitative estimate of drug-likeness (QED) is 0.838. The fourth-order valence-corrected chi connectivity index (χ4v) is 2.37. The fraction of sp³-hybridized carbons (Fsp3) is 0.385. The van der Waals surface area contributed by atoms with Crippen molar-refractivity contribution in [2.45, 2.75) is 37.0 Å². The van der Waals surface area contributed by atoms with Crippen molar-refractivity contribution in [3.05, 3.63) is 34.6 Å². The number of thioether (sulfide) groups is 1. The van der Waals surface area contributed by atoms with Crippen LogP contribution >= 0.6 is 27.7 Å². The van der Waals surface area contributed by atoms with Gasteiger partial charge in [-0.1, -0.05) is 21.1 Å². The van der Waals surface area contributed by atoms with Crippen molar-refractivity contribution >= 4 is 33.7 Å². The summed E-state index contributed by atoms with van der Waals surface area (Å²) in [7, 11) is 0. The molecule has 0 unspecified atom stereocenters. The monoisotopic (exact) mass is 341 g/mol. The highest BCUT2D eigenvalue weighted by Gasteiger charge is 2.14. The predicted octanol–water partition coefficient (Wildman–Crippen LogP) is 4.33. The minimum atomic E-state index is -0.0807. The van der Waals surface area contributed by atoms with E-state index in [1.54, 1.807) is 11.8 Å². The molecule has 0 aliphatic rings. The summed E-state index contributed by atoms with van der Waals surface area (Å²) in [5, 5.41) is 7.11. The largest absolute Gasteiger partial charge is 0.333 e. The SMILES string of the molecule is CC(C)(C)Nc1nc(CSc2ccc(Br)cc2)no1. The Hall–Kier alpha value is -1.01. The van der Waals surface area contributed by atoms with Crippen LogP contribution in [0, 0.1) is 0 Å². The van der Waals surface area contributed by atoms with Gasteiger partial charge in [-0.15, -0.1) is 11.8 Å². The van der Waals surface area contributed by atoms with E-state index in [0.717, 1.165) is 4.47 Å². The zero-order chi connectivity index (χ0) is 13.9. The molecule has 0 bridgehead atoms. The molecule has 1 aromatic heterocycles. The smallest absolute Gasteiger partial charge is 0.321 e. The van der Waals surface area contributed by atoms with Crippen LogP contribution in [-0.4, -0.2) is 15.7 Å². The van der Waals surface area contributed by atoms with Crippen LogP contribution in [0.3, 0.4) is 0 Å². The van der Waals surface area contributed by atoms with Gasteiger partial charge >= 0.3 is 6.01 Å². The Balaban J connectivity index is 1.91. The lowest BCUT2D eigenvalue weighted by atomic mass is 10.1. The van der Waals surface area contributed by atoms with Crippen LogP contribution in [-0.2, 0) is 5.75 Å². The summed E-state index contributed by atoms with van der Waals surface area (Å²) in [5.41, 5.74) is -0.0807. The van der Waals surface area contributed by atoms with Gasteiger partial charge in [0.25, 0.3) is 0 Å². The molecule has 0 aliphatic heterocycles. The molecule has 1 N–H and O–H groups in total. The van der Waals surface area contributed by atoms with Crippen molar-refractivity contribution in [3.8, 4) is 0 Å². The van der Waals surface area contributed by atoms with Crippen LogP contribution in [0.15, 0.2) is 38.2 Å². The Kier molecular flexibility index (Phi) is 4.52. The number of rotatable bonds is 4.